The van der Waals surface area contributed by atoms with E-state index in [1.165, 1.54) is 12.1 Å². The minimum Gasteiger partial charge on any atom is -0.387 e. The molecule has 0 aliphatic rings. The highest BCUT2D eigenvalue weighted by atomic mass is 16.3. The van der Waals surface area contributed by atoms with Crippen LogP contribution >= 0.6 is 0 Å². The van der Waals surface area contributed by atoms with E-state index in [-0.39, 0.29) is 5.43 Å². The number of aromatic nitrogens is 1. The molecule has 1 aromatic carbocycles. The summed E-state index contributed by atoms with van der Waals surface area (Å²) in [5.74, 6) is 0. The summed E-state index contributed by atoms with van der Waals surface area (Å²) in [4.78, 5) is 11.0. The van der Waals surface area contributed by atoms with Gasteiger partial charge in [0.2, 0.25) is 0 Å². The van der Waals surface area contributed by atoms with Crippen LogP contribution in [0, 0.1) is 6.92 Å². The van der Waals surface area contributed by atoms with Gasteiger partial charge in [0.25, 0.3) is 0 Å². The highest BCUT2D eigenvalue weighted by Crippen LogP contribution is 2.18. The van der Waals surface area contributed by atoms with Gasteiger partial charge < -0.3 is 9.67 Å². The normalized spacial score (nSPS) is 12.4. The molecule has 0 amide bonds. The number of aliphatic hydroxyl groups is 1. The van der Waals surface area contributed by atoms with Crippen molar-refractivity contribution in [1.29, 1.82) is 0 Å². The molecule has 0 spiro atoms. The monoisotopic (exact) mass is 229 g/mol. The van der Waals surface area contributed by atoms with Crippen LogP contribution in [0.2, 0.25) is 0 Å². The van der Waals surface area contributed by atoms with Gasteiger partial charge >= 0.3 is 0 Å². The Morgan fingerprint density at radius 1 is 1.18 bits per heavy atom. The van der Waals surface area contributed by atoms with Gasteiger partial charge in [-0.25, -0.2) is 0 Å². The van der Waals surface area contributed by atoms with Crippen LogP contribution in [0.1, 0.15) is 17.2 Å². The standard InChI is InChI=1S/C14H15NO2/c1-11-4-2-3-5-13(11)14(17)10-15-8-6-12(16)7-9-15/h2-9,14,17H,10H2,1H3. The first-order chi connectivity index (χ1) is 8.16. The van der Waals surface area contributed by atoms with Crippen LogP contribution in [-0.4, -0.2) is 9.67 Å². The van der Waals surface area contributed by atoms with E-state index in [9.17, 15) is 9.90 Å². The molecule has 2 rings (SSSR count). The summed E-state index contributed by atoms with van der Waals surface area (Å²) in [5.41, 5.74) is 1.97. The molecule has 1 unspecified atom stereocenters. The van der Waals surface area contributed by atoms with Crippen LogP contribution in [0.25, 0.3) is 0 Å². The van der Waals surface area contributed by atoms with E-state index in [1.54, 1.807) is 17.0 Å². The average Bonchev–Trinajstić information content (AvgIpc) is 2.32. The number of nitrogens with zero attached hydrogens (tertiary/aromatic N) is 1. The summed E-state index contributed by atoms with van der Waals surface area (Å²) in [5, 5.41) is 10.1. The second-order valence-corrected chi connectivity index (χ2v) is 4.10. The molecule has 0 saturated carbocycles. The molecule has 0 saturated heterocycles. The Labute approximate surface area is 100.0 Å². The lowest BCUT2D eigenvalue weighted by molar-refractivity contribution is 0.155. The summed E-state index contributed by atoms with van der Waals surface area (Å²) in [7, 11) is 0. The van der Waals surface area contributed by atoms with Gasteiger partial charge in [-0.2, -0.15) is 0 Å². The molecule has 88 valence electrons. The molecule has 0 bridgehead atoms. The first-order valence-electron chi connectivity index (χ1n) is 5.56. The fourth-order valence-electron chi connectivity index (χ4n) is 1.82. The molecule has 1 aromatic heterocycles. The Kier molecular flexibility index (Phi) is 3.40. The van der Waals surface area contributed by atoms with Crippen molar-refractivity contribution < 1.29 is 5.11 Å². The van der Waals surface area contributed by atoms with Crippen molar-refractivity contribution in [2.24, 2.45) is 0 Å². The Balaban J connectivity index is 2.17. The lowest BCUT2D eigenvalue weighted by Crippen LogP contribution is -2.11. The lowest BCUT2D eigenvalue weighted by Gasteiger charge is -2.15. The first kappa shape index (κ1) is 11.6. The summed E-state index contributed by atoms with van der Waals surface area (Å²) < 4.78 is 1.80. The topological polar surface area (TPSA) is 42.2 Å². The van der Waals surface area contributed by atoms with Crippen LogP contribution in [0.3, 0.4) is 0 Å². The Bertz CT molecular complexity index is 540. The molecule has 1 N–H and O–H groups in total. The predicted octanol–water partition coefficient (Wildman–Crippen LogP) is 1.89. The highest BCUT2D eigenvalue weighted by Gasteiger charge is 2.09. The molecule has 0 aliphatic heterocycles. The zero-order valence-corrected chi connectivity index (χ0v) is 9.71. The van der Waals surface area contributed by atoms with E-state index in [1.807, 2.05) is 31.2 Å². The van der Waals surface area contributed by atoms with Crippen molar-refractivity contribution in [1.82, 2.24) is 4.57 Å². The van der Waals surface area contributed by atoms with Gasteiger partial charge in [-0.3, -0.25) is 4.79 Å². The van der Waals surface area contributed by atoms with E-state index in [0.717, 1.165) is 11.1 Å². The van der Waals surface area contributed by atoms with Gasteiger partial charge in [0, 0.05) is 24.5 Å². The molecule has 2 aromatic rings. The van der Waals surface area contributed by atoms with Crippen molar-refractivity contribution in [2.45, 2.75) is 19.6 Å². The third kappa shape index (κ3) is 2.82. The SMILES string of the molecule is Cc1ccccc1C(O)Cn1ccc(=O)cc1. The zero-order valence-electron chi connectivity index (χ0n) is 9.71. The van der Waals surface area contributed by atoms with Gasteiger partial charge in [-0.15, -0.1) is 0 Å². The van der Waals surface area contributed by atoms with E-state index in [4.69, 9.17) is 0 Å². The third-order valence-electron chi connectivity index (χ3n) is 2.79. The number of benzene rings is 1. The van der Waals surface area contributed by atoms with Gasteiger partial charge in [0.05, 0.1) is 12.6 Å². The van der Waals surface area contributed by atoms with Gasteiger partial charge in [0.1, 0.15) is 0 Å². The fourth-order valence-corrected chi connectivity index (χ4v) is 1.82. The average molecular weight is 229 g/mol. The summed E-state index contributed by atoms with van der Waals surface area (Å²) in [6, 6.07) is 10.7. The molecule has 3 nitrogen and oxygen atoms in total. The van der Waals surface area contributed by atoms with Crippen LogP contribution in [0.5, 0.6) is 0 Å². The van der Waals surface area contributed by atoms with Crippen molar-refractivity contribution in [3.8, 4) is 0 Å². The van der Waals surface area contributed by atoms with Crippen molar-refractivity contribution >= 4 is 0 Å². The number of aliphatic hydroxyl groups excluding tert-OH is 1. The molecule has 0 fully saturated rings. The number of pyridine rings is 1. The van der Waals surface area contributed by atoms with E-state index in [2.05, 4.69) is 0 Å². The number of rotatable bonds is 3. The maximum absolute atomic E-state index is 11.0. The fraction of sp³-hybridized carbons (Fsp3) is 0.214. The first-order valence-corrected chi connectivity index (χ1v) is 5.56. The summed E-state index contributed by atoms with van der Waals surface area (Å²) in [6.07, 6.45) is 2.81. The Morgan fingerprint density at radius 2 is 1.82 bits per heavy atom. The quantitative estimate of drug-likeness (QED) is 0.873. The summed E-state index contributed by atoms with van der Waals surface area (Å²) in [6.45, 7) is 2.43. The molecular formula is C14H15NO2. The van der Waals surface area contributed by atoms with Gasteiger partial charge in [-0.1, -0.05) is 24.3 Å². The van der Waals surface area contributed by atoms with Gasteiger partial charge in [0.15, 0.2) is 5.43 Å². The second kappa shape index (κ2) is 4.97. The smallest absolute Gasteiger partial charge is 0.181 e. The second-order valence-electron chi connectivity index (χ2n) is 4.10. The van der Waals surface area contributed by atoms with E-state index in [0.29, 0.717) is 6.54 Å². The van der Waals surface area contributed by atoms with Crippen LogP contribution < -0.4 is 5.43 Å². The maximum Gasteiger partial charge on any atom is 0.181 e. The zero-order chi connectivity index (χ0) is 12.3. The van der Waals surface area contributed by atoms with Crippen molar-refractivity contribution in [2.75, 3.05) is 0 Å². The van der Waals surface area contributed by atoms with Crippen molar-refractivity contribution in [3.05, 3.63) is 70.1 Å². The minimum absolute atomic E-state index is 0.0216. The Morgan fingerprint density at radius 3 is 2.47 bits per heavy atom. The number of aryl methyl sites for hydroxylation is 1. The largest absolute Gasteiger partial charge is 0.387 e. The van der Waals surface area contributed by atoms with Gasteiger partial charge in [-0.05, 0) is 18.1 Å². The van der Waals surface area contributed by atoms with Crippen molar-refractivity contribution in [3.63, 3.8) is 0 Å². The highest BCUT2D eigenvalue weighted by molar-refractivity contribution is 5.27. The number of hydrogen-bond donors (Lipinski definition) is 1. The van der Waals surface area contributed by atoms with E-state index >= 15 is 0 Å². The molecule has 3 heteroatoms. The Hall–Kier alpha value is -1.87. The van der Waals surface area contributed by atoms with Crippen LogP contribution in [0.15, 0.2) is 53.6 Å². The minimum atomic E-state index is -0.557. The maximum atomic E-state index is 11.0. The lowest BCUT2D eigenvalue weighted by atomic mass is 10.0. The molecular weight excluding hydrogens is 214 g/mol. The molecule has 17 heavy (non-hydrogen) atoms. The number of hydrogen-bond acceptors (Lipinski definition) is 2. The summed E-state index contributed by atoms with van der Waals surface area (Å²) >= 11 is 0. The third-order valence-corrected chi connectivity index (χ3v) is 2.79. The van der Waals surface area contributed by atoms with Crippen LogP contribution in [0.4, 0.5) is 0 Å². The van der Waals surface area contributed by atoms with Crippen LogP contribution in [-0.2, 0) is 6.54 Å². The molecule has 0 aliphatic carbocycles. The predicted molar refractivity (Wildman–Crippen MR) is 66.8 cm³/mol. The molecule has 0 radical (unpaired) electrons. The van der Waals surface area contributed by atoms with E-state index < -0.39 is 6.10 Å². The molecule has 1 atom stereocenters. The molecule has 1 heterocycles.